The first-order valence-corrected chi connectivity index (χ1v) is 22.1. The van der Waals surface area contributed by atoms with Crippen molar-refractivity contribution in [3.05, 3.63) is 95.1 Å². The Labute approximate surface area is 377 Å². The number of aliphatic hydroxyl groups excluding tert-OH is 1. The van der Waals surface area contributed by atoms with Gasteiger partial charge >= 0.3 is 11.9 Å². The number of benzene rings is 3. The van der Waals surface area contributed by atoms with E-state index in [0.717, 1.165) is 81.4 Å². The number of ether oxygens (including phenoxy) is 6. The minimum absolute atomic E-state index is 0.0694. The molecule has 0 radical (unpaired) electrons. The Hall–Kier alpha value is -5.38. The molecular formula is C48H60BrNO13. The largest absolute Gasteiger partial charge is 0.493 e. The maximum absolute atomic E-state index is 12.7. The lowest BCUT2D eigenvalue weighted by Crippen LogP contribution is -2.43. The SMILES string of the molecule is COc1ccc(C(=O)CCCCCBr)cc1OC.COc1ccc(C(=O)CCCCCN2CC[C@@]34C=C[C@H](O)C[C@@H]3Oc3c(OC)ccc(c34)C2)cc1OC.O=C(O)/C=C/C(=O)O. The molecule has 0 amide bonds. The number of halogens is 1. The van der Waals surface area contributed by atoms with Gasteiger partial charge in [0, 0.05) is 60.0 Å². The van der Waals surface area contributed by atoms with Gasteiger partial charge in [0.05, 0.1) is 47.1 Å². The van der Waals surface area contributed by atoms with Gasteiger partial charge in [0.1, 0.15) is 6.10 Å². The van der Waals surface area contributed by atoms with Crippen molar-refractivity contribution in [3.8, 4) is 34.5 Å². The van der Waals surface area contributed by atoms with E-state index < -0.39 is 18.0 Å². The molecule has 0 bridgehead atoms. The van der Waals surface area contributed by atoms with E-state index >= 15 is 0 Å². The minimum atomic E-state index is -1.26. The molecule has 0 saturated carbocycles. The third-order valence-corrected chi connectivity index (χ3v) is 11.8. The molecule has 3 aromatic rings. The third kappa shape index (κ3) is 13.8. The standard InChI is InChI=1S/C30H37NO6.C14H19BrO3.C4H4O4/c1-34-24-10-8-20(17-26(24)36-3)23(33)7-5-4-6-15-31-16-14-30-13-12-22(32)18-27(30)37-29-25(35-2)11-9-21(19-31)28(29)30;1-17-13-8-7-11(10-14(13)18-2)12(16)6-4-3-5-9-15;5-3(6)1-2-4(7)8/h8-13,17,22,27,32H,4-7,14-16,18-19H2,1-3H3;7-8,10H,3-6,9H2,1-2H3;1-2H,(H,5,6)(H,7,8)/b;;2-1+/t22-,27-,30-;;/m0../s1. The molecule has 3 aliphatic rings. The predicted octanol–water partition coefficient (Wildman–Crippen LogP) is 8.23. The summed E-state index contributed by atoms with van der Waals surface area (Å²) in [5.41, 5.74) is 3.66. The van der Waals surface area contributed by atoms with E-state index in [1.807, 2.05) is 12.1 Å². The van der Waals surface area contributed by atoms with Crippen LogP contribution >= 0.6 is 15.9 Å². The van der Waals surface area contributed by atoms with E-state index in [1.165, 1.54) is 11.1 Å². The maximum atomic E-state index is 12.7. The van der Waals surface area contributed by atoms with Crippen molar-refractivity contribution in [1.82, 2.24) is 4.90 Å². The van der Waals surface area contributed by atoms with Crippen LogP contribution in [0.1, 0.15) is 96.1 Å². The Bertz CT molecular complexity index is 2070. The summed E-state index contributed by atoms with van der Waals surface area (Å²) in [4.78, 5) is 46.3. The fourth-order valence-corrected chi connectivity index (χ4v) is 8.39. The van der Waals surface area contributed by atoms with Crippen molar-refractivity contribution in [2.24, 2.45) is 0 Å². The van der Waals surface area contributed by atoms with E-state index in [-0.39, 0.29) is 23.1 Å². The Morgan fingerprint density at radius 2 is 1.25 bits per heavy atom. The van der Waals surface area contributed by atoms with Crippen molar-refractivity contribution in [1.29, 1.82) is 0 Å². The number of unbranched alkanes of at least 4 members (excludes halogenated alkanes) is 4. The number of carbonyl (C=O) groups excluding carboxylic acids is 2. The molecule has 0 fully saturated rings. The minimum Gasteiger partial charge on any atom is -0.493 e. The van der Waals surface area contributed by atoms with Gasteiger partial charge in [0.15, 0.2) is 46.1 Å². The van der Waals surface area contributed by atoms with Crippen LogP contribution in [0.15, 0.2) is 72.8 Å². The van der Waals surface area contributed by atoms with Gasteiger partial charge in [-0.25, -0.2) is 9.59 Å². The molecule has 0 saturated heterocycles. The summed E-state index contributed by atoms with van der Waals surface area (Å²) in [6.45, 7) is 2.81. The highest BCUT2D eigenvalue weighted by Crippen LogP contribution is 2.55. The van der Waals surface area contributed by atoms with E-state index in [9.17, 15) is 24.3 Å². The molecule has 1 aliphatic carbocycles. The topological polar surface area (TPSA) is 188 Å². The molecule has 0 aromatic heterocycles. The molecule has 342 valence electrons. The van der Waals surface area contributed by atoms with Crippen LogP contribution in [0.3, 0.4) is 0 Å². The van der Waals surface area contributed by atoms with E-state index in [2.05, 4.69) is 33.0 Å². The maximum Gasteiger partial charge on any atom is 0.328 e. The fraction of sp³-hybridized carbons (Fsp3) is 0.458. The van der Waals surface area contributed by atoms with Crippen molar-refractivity contribution in [2.45, 2.75) is 88.4 Å². The average Bonchev–Trinajstić information content (AvgIpc) is 3.53. The molecular weight excluding hydrogens is 878 g/mol. The second-order valence-electron chi connectivity index (χ2n) is 15.3. The monoisotopic (exact) mass is 937 g/mol. The number of carbonyl (C=O) groups is 4. The van der Waals surface area contributed by atoms with Crippen molar-refractivity contribution in [2.75, 3.05) is 54.0 Å². The van der Waals surface area contributed by atoms with E-state index in [0.29, 0.717) is 65.5 Å². The number of ketones is 2. The Balaban J connectivity index is 0.000000278. The molecule has 15 heteroatoms. The molecule has 3 atom stereocenters. The first kappa shape index (κ1) is 50.3. The summed E-state index contributed by atoms with van der Waals surface area (Å²) in [7, 11) is 8.00. The molecule has 2 heterocycles. The Morgan fingerprint density at radius 3 is 1.76 bits per heavy atom. The smallest absolute Gasteiger partial charge is 0.328 e. The lowest BCUT2D eigenvalue weighted by atomic mass is 9.69. The van der Waals surface area contributed by atoms with Crippen LogP contribution in [0.4, 0.5) is 0 Å². The molecule has 0 unspecified atom stereocenters. The summed E-state index contributed by atoms with van der Waals surface area (Å²) >= 11 is 3.38. The van der Waals surface area contributed by atoms with Gasteiger partial charge in [-0.1, -0.05) is 47.0 Å². The van der Waals surface area contributed by atoms with Crippen molar-refractivity contribution in [3.63, 3.8) is 0 Å². The van der Waals surface area contributed by atoms with Gasteiger partial charge in [-0.05, 0) is 93.2 Å². The molecule has 14 nitrogen and oxygen atoms in total. The molecule has 3 aromatic carbocycles. The summed E-state index contributed by atoms with van der Waals surface area (Å²) in [6, 6.07) is 14.8. The number of Topliss-reactive ketones (excluding diaryl/α,β-unsaturated/α-hetero) is 2. The number of aliphatic hydroxyl groups is 1. The van der Waals surface area contributed by atoms with Crippen LogP contribution in [-0.4, -0.2) is 110 Å². The highest BCUT2D eigenvalue weighted by molar-refractivity contribution is 9.09. The van der Waals surface area contributed by atoms with Crippen LogP contribution in [-0.2, 0) is 21.5 Å². The van der Waals surface area contributed by atoms with Gasteiger partial charge in [-0.15, -0.1) is 0 Å². The second-order valence-corrected chi connectivity index (χ2v) is 16.1. The number of aliphatic carboxylic acids is 2. The van der Waals surface area contributed by atoms with Gasteiger partial charge < -0.3 is 43.7 Å². The van der Waals surface area contributed by atoms with Crippen molar-refractivity contribution >= 4 is 39.4 Å². The van der Waals surface area contributed by atoms with E-state index in [1.54, 1.807) is 71.9 Å². The summed E-state index contributed by atoms with van der Waals surface area (Å²) in [5, 5.41) is 26.9. The summed E-state index contributed by atoms with van der Waals surface area (Å²) in [6.07, 6.45) is 13.4. The highest BCUT2D eigenvalue weighted by Gasteiger charge is 2.52. The van der Waals surface area contributed by atoms with E-state index in [4.69, 9.17) is 38.6 Å². The highest BCUT2D eigenvalue weighted by atomic mass is 79.9. The Morgan fingerprint density at radius 1 is 0.730 bits per heavy atom. The number of hydrogen-bond donors (Lipinski definition) is 3. The van der Waals surface area contributed by atoms with Crippen LogP contribution in [0.5, 0.6) is 34.5 Å². The summed E-state index contributed by atoms with van der Waals surface area (Å²) in [5.74, 6) is 1.84. The van der Waals surface area contributed by atoms with Crippen LogP contribution in [0.25, 0.3) is 0 Å². The van der Waals surface area contributed by atoms with Gasteiger partial charge in [-0.2, -0.15) is 0 Å². The van der Waals surface area contributed by atoms with Crippen LogP contribution < -0.4 is 28.4 Å². The zero-order chi connectivity index (χ0) is 45.9. The van der Waals surface area contributed by atoms with Gasteiger partial charge in [0.25, 0.3) is 0 Å². The number of nitrogens with zero attached hydrogens (tertiary/aromatic N) is 1. The molecule has 1 spiro atoms. The zero-order valence-corrected chi connectivity index (χ0v) is 38.3. The van der Waals surface area contributed by atoms with Gasteiger partial charge in [0.2, 0.25) is 0 Å². The van der Waals surface area contributed by atoms with Crippen LogP contribution in [0, 0.1) is 0 Å². The third-order valence-electron chi connectivity index (χ3n) is 11.2. The first-order chi connectivity index (χ1) is 30.3. The molecule has 3 N–H and O–H groups in total. The number of alkyl halides is 1. The second kappa shape index (κ2) is 25.1. The molecule has 6 rings (SSSR count). The predicted molar refractivity (Wildman–Crippen MR) is 242 cm³/mol. The van der Waals surface area contributed by atoms with Gasteiger partial charge in [-0.3, -0.25) is 14.5 Å². The lowest BCUT2D eigenvalue weighted by molar-refractivity contribution is -0.134. The first-order valence-electron chi connectivity index (χ1n) is 21.0. The summed E-state index contributed by atoms with van der Waals surface area (Å²) < 4.78 is 33.0. The normalized spacial score (nSPS) is 18.2. The Kier molecular flexibility index (Phi) is 20.0. The number of carboxylic acids is 2. The number of hydrogen-bond acceptors (Lipinski definition) is 12. The lowest BCUT2D eigenvalue weighted by Gasteiger charge is -2.35. The molecule has 2 aliphatic heterocycles. The molecule has 63 heavy (non-hydrogen) atoms. The van der Waals surface area contributed by atoms with Crippen molar-refractivity contribution < 1.29 is 62.9 Å². The number of carboxylic acid groups (broad SMARTS) is 2. The zero-order valence-electron chi connectivity index (χ0n) is 36.7. The fourth-order valence-electron chi connectivity index (χ4n) is 7.99. The number of methoxy groups -OCH3 is 5. The number of rotatable bonds is 20. The van der Waals surface area contributed by atoms with Crippen LogP contribution in [0.2, 0.25) is 0 Å². The average molecular weight is 939 g/mol. The quantitative estimate of drug-likeness (QED) is 0.0323.